The van der Waals surface area contributed by atoms with Gasteiger partial charge in [-0.15, -0.1) is 0 Å². The molecule has 4 rings (SSSR count). The third-order valence-electron chi connectivity index (χ3n) is 5.51. The first kappa shape index (κ1) is 20.7. The van der Waals surface area contributed by atoms with Crippen LogP contribution < -0.4 is 21.3 Å². The van der Waals surface area contributed by atoms with E-state index in [1.165, 1.54) is 4.57 Å². The topological polar surface area (TPSA) is 65.3 Å². The van der Waals surface area contributed by atoms with Gasteiger partial charge < -0.3 is 10.1 Å². The predicted octanol–water partition coefficient (Wildman–Crippen LogP) is 4.08. The van der Waals surface area contributed by atoms with E-state index in [9.17, 15) is 9.59 Å². The van der Waals surface area contributed by atoms with E-state index in [0.717, 1.165) is 34.6 Å². The number of allylic oxidation sites excluding steroid dienone is 6. The summed E-state index contributed by atoms with van der Waals surface area (Å²) >= 11 is 0. The van der Waals surface area contributed by atoms with E-state index in [1.807, 2.05) is 68.5 Å². The first-order valence-corrected chi connectivity index (χ1v) is 10.7. The number of benzene rings is 1. The average Bonchev–Trinajstić information content (AvgIpc) is 3.34. The summed E-state index contributed by atoms with van der Waals surface area (Å²) in [6.07, 6.45) is 11.5. The number of fused-ring (bicyclic) bond motifs is 1. The summed E-state index contributed by atoms with van der Waals surface area (Å²) < 4.78 is 8.36. The van der Waals surface area contributed by atoms with Gasteiger partial charge in [-0.1, -0.05) is 50.3 Å². The molecular weight excluding hydrogens is 390 g/mol. The molecule has 2 heterocycles. The van der Waals surface area contributed by atoms with Crippen LogP contribution in [0.1, 0.15) is 37.8 Å². The van der Waals surface area contributed by atoms with Crippen molar-refractivity contribution in [2.75, 3.05) is 12.4 Å². The summed E-state index contributed by atoms with van der Waals surface area (Å²) in [4.78, 5) is 26.7. The Hall–Kier alpha value is -3.54. The van der Waals surface area contributed by atoms with Crippen molar-refractivity contribution in [1.82, 2.24) is 9.13 Å². The standard InChI is InChI=1S/C25H27N3O3/c1-4-14-27-23-22(24(29)28(15-5-2)25(27)30)20(17-10-12-19(31-3)13-11-17)16-21(26-23)18-8-6-7-9-18/h6-13,16,26H,4-5,14-15H2,1-3H3. The lowest BCUT2D eigenvalue weighted by molar-refractivity contribution is 0.415. The summed E-state index contributed by atoms with van der Waals surface area (Å²) in [6, 6.07) is 7.65. The molecule has 160 valence electrons. The van der Waals surface area contributed by atoms with Gasteiger partial charge >= 0.3 is 5.69 Å². The van der Waals surface area contributed by atoms with Gasteiger partial charge in [0.05, 0.1) is 12.7 Å². The molecule has 0 amide bonds. The predicted molar refractivity (Wildman–Crippen MR) is 125 cm³/mol. The zero-order valence-electron chi connectivity index (χ0n) is 18.1. The molecule has 0 bridgehead atoms. The fraction of sp³-hybridized carbons (Fsp3) is 0.280. The van der Waals surface area contributed by atoms with Crippen LogP contribution in [0.4, 0.5) is 5.82 Å². The zero-order chi connectivity index (χ0) is 22.0. The van der Waals surface area contributed by atoms with E-state index < -0.39 is 0 Å². The molecule has 31 heavy (non-hydrogen) atoms. The summed E-state index contributed by atoms with van der Waals surface area (Å²) in [6.45, 7) is 4.92. The van der Waals surface area contributed by atoms with Crippen molar-refractivity contribution in [3.63, 3.8) is 0 Å². The molecule has 0 saturated carbocycles. The molecule has 6 heteroatoms. The maximum Gasteiger partial charge on any atom is 0.332 e. The number of nitrogens with one attached hydrogen (secondary N) is 1. The molecule has 1 aliphatic heterocycles. The molecule has 2 aromatic rings. The largest absolute Gasteiger partial charge is 0.497 e. The number of rotatable bonds is 6. The number of hydrogen-bond acceptors (Lipinski definition) is 4. The third-order valence-corrected chi connectivity index (χ3v) is 5.51. The number of nitrogens with zero attached hydrogens (tertiary/aromatic N) is 2. The Morgan fingerprint density at radius 2 is 1.58 bits per heavy atom. The maximum atomic E-state index is 13.5. The van der Waals surface area contributed by atoms with Crippen LogP contribution in [0.15, 0.2) is 75.5 Å². The van der Waals surface area contributed by atoms with Gasteiger partial charge in [0.2, 0.25) is 0 Å². The summed E-state index contributed by atoms with van der Waals surface area (Å²) in [5, 5.41) is 3.39. The van der Waals surface area contributed by atoms with E-state index in [2.05, 4.69) is 5.32 Å². The zero-order valence-corrected chi connectivity index (χ0v) is 18.1. The van der Waals surface area contributed by atoms with E-state index in [1.54, 1.807) is 11.7 Å². The van der Waals surface area contributed by atoms with Gasteiger partial charge in [-0.2, -0.15) is 0 Å². The van der Waals surface area contributed by atoms with Crippen LogP contribution in [-0.4, -0.2) is 16.2 Å². The quantitative estimate of drug-likeness (QED) is 0.769. The van der Waals surface area contributed by atoms with Crippen molar-refractivity contribution in [2.45, 2.75) is 39.8 Å². The Bertz CT molecular complexity index is 1220. The van der Waals surface area contributed by atoms with Crippen molar-refractivity contribution < 1.29 is 4.74 Å². The van der Waals surface area contributed by atoms with E-state index in [4.69, 9.17) is 4.74 Å². The third kappa shape index (κ3) is 3.69. The second-order valence-corrected chi connectivity index (χ2v) is 7.61. The van der Waals surface area contributed by atoms with Gasteiger partial charge in [0, 0.05) is 24.4 Å². The van der Waals surface area contributed by atoms with Gasteiger partial charge in [0.25, 0.3) is 5.56 Å². The Morgan fingerprint density at radius 3 is 2.19 bits per heavy atom. The molecular formula is C25H27N3O3. The van der Waals surface area contributed by atoms with Crippen molar-refractivity contribution in [1.29, 1.82) is 0 Å². The van der Waals surface area contributed by atoms with Crippen LogP contribution in [0.5, 0.6) is 5.75 Å². The number of aromatic nitrogens is 2. The maximum absolute atomic E-state index is 13.5. The molecule has 1 N–H and O–H groups in total. The van der Waals surface area contributed by atoms with E-state index >= 15 is 0 Å². The highest BCUT2D eigenvalue weighted by Gasteiger charge is 2.27. The van der Waals surface area contributed by atoms with Crippen molar-refractivity contribution >= 4 is 11.4 Å². The van der Waals surface area contributed by atoms with Gasteiger partial charge in [-0.05, 0) is 42.2 Å². The van der Waals surface area contributed by atoms with Crippen molar-refractivity contribution in [3.05, 3.63) is 97.9 Å². The van der Waals surface area contributed by atoms with Gasteiger partial charge in [-0.3, -0.25) is 13.9 Å². The van der Waals surface area contributed by atoms with Gasteiger partial charge in [-0.25, -0.2) is 4.79 Å². The fourth-order valence-electron chi connectivity index (χ4n) is 4.01. The molecule has 6 nitrogen and oxygen atoms in total. The van der Waals surface area contributed by atoms with Gasteiger partial charge in [0.1, 0.15) is 11.6 Å². The number of methoxy groups -OCH3 is 1. The van der Waals surface area contributed by atoms with Crippen LogP contribution in [0.2, 0.25) is 0 Å². The molecule has 2 aliphatic rings. The molecule has 1 aliphatic carbocycles. The van der Waals surface area contributed by atoms with Crippen LogP contribution in [-0.2, 0) is 13.1 Å². The van der Waals surface area contributed by atoms with E-state index in [0.29, 0.717) is 30.9 Å². The van der Waals surface area contributed by atoms with E-state index in [-0.39, 0.29) is 11.2 Å². The summed E-state index contributed by atoms with van der Waals surface area (Å²) in [5.74, 6) is 1.31. The van der Waals surface area contributed by atoms with Crippen LogP contribution in [0.25, 0.3) is 5.57 Å². The molecule has 1 aromatic carbocycles. The number of hydrogen-bond donors (Lipinski definition) is 1. The second-order valence-electron chi connectivity index (χ2n) is 7.61. The van der Waals surface area contributed by atoms with Crippen LogP contribution >= 0.6 is 0 Å². The Morgan fingerprint density at radius 1 is 0.935 bits per heavy atom. The number of anilines is 1. The average molecular weight is 418 g/mol. The molecule has 0 radical (unpaired) electrons. The highest BCUT2D eigenvalue weighted by Crippen LogP contribution is 2.35. The Balaban J connectivity index is 2.04. The first-order chi connectivity index (χ1) is 15.1. The van der Waals surface area contributed by atoms with Crippen LogP contribution in [0, 0.1) is 0 Å². The second kappa shape index (κ2) is 8.68. The lowest BCUT2D eigenvalue weighted by Crippen LogP contribution is -2.43. The molecule has 0 fully saturated rings. The SMILES string of the molecule is CCCn1c2c(c(=O)n(CCC)c1=O)C(c1ccc(OC)cc1)=CC(=C1C=CC=C1)N2. The summed E-state index contributed by atoms with van der Waals surface area (Å²) in [5.41, 5.74) is 3.57. The summed E-state index contributed by atoms with van der Waals surface area (Å²) in [7, 11) is 1.63. The highest BCUT2D eigenvalue weighted by atomic mass is 16.5. The lowest BCUT2D eigenvalue weighted by atomic mass is 9.94. The van der Waals surface area contributed by atoms with Crippen molar-refractivity contribution in [2.24, 2.45) is 0 Å². The lowest BCUT2D eigenvalue weighted by Gasteiger charge is -2.26. The Labute approximate surface area is 181 Å². The molecule has 0 unspecified atom stereocenters. The first-order valence-electron chi connectivity index (χ1n) is 10.7. The molecule has 0 saturated heterocycles. The normalized spacial score (nSPS) is 14.5. The number of ether oxygens (including phenoxy) is 1. The smallest absolute Gasteiger partial charge is 0.332 e. The minimum Gasteiger partial charge on any atom is -0.497 e. The molecule has 0 atom stereocenters. The van der Waals surface area contributed by atoms with Gasteiger partial charge in [0.15, 0.2) is 0 Å². The minimum atomic E-state index is -0.266. The molecule has 1 aromatic heterocycles. The monoisotopic (exact) mass is 417 g/mol. The molecule has 0 spiro atoms. The Kier molecular flexibility index (Phi) is 5.80. The highest BCUT2D eigenvalue weighted by molar-refractivity contribution is 5.90. The minimum absolute atomic E-state index is 0.259. The fourth-order valence-corrected chi connectivity index (χ4v) is 4.01. The van der Waals surface area contributed by atoms with Crippen LogP contribution in [0.3, 0.4) is 0 Å². The van der Waals surface area contributed by atoms with Crippen molar-refractivity contribution in [3.8, 4) is 5.75 Å².